The summed E-state index contributed by atoms with van der Waals surface area (Å²) in [7, 11) is 0. The number of nitrogens with zero attached hydrogens (tertiary/aromatic N) is 2. The molecule has 0 saturated heterocycles. The van der Waals surface area contributed by atoms with Crippen LogP contribution in [0.4, 0.5) is 22.7 Å². The zero-order valence-electron chi connectivity index (χ0n) is 27.9. The van der Waals surface area contributed by atoms with E-state index in [4.69, 9.17) is 6.58 Å². The van der Waals surface area contributed by atoms with Crippen LogP contribution in [0.25, 0.3) is 36.9 Å². The van der Waals surface area contributed by atoms with E-state index in [1.807, 2.05) is 18.3 Å². The summed E-state index contributed by atoms with van der Waals surface area (Å²) >= 11 is 1.84. The van der Waals surface area contributed by atoms with Gasteiger partial charge in [0, 0.05) is 54.6 Å². The summed E-state index contributed by atoms with van der Waals surface area (Å²) in [5, 5.41) is 2.53. The summed E-state index contributed by atoms with van der Waals surface area (Å²) < 4.78 is 2.56. The van der Waals surface area contributed by atoms with E-state index >= 15 is 0 Å². The average molecular weight is 651 g/mol. The van der Waals surface area contributed by atoms with Crippen LogP contribution in [0.3, 0.4) is 0 Å². The molecule has 1 aromatic heterocycles. The molecule has 8 rings (SSSR count). The normalized spacial score (nSPS) is 14.1. The van der Waals surface area contributed by atoms with E-state index < -0.39 is 0 Å². The number of benzene rings is 6. The molecule has 7 aromatic rings. The van der Waals surface area contributed by atoms with E-state index in [0.29, 0.717) is 0 Å². The maximum Gasteiger partial charge on any atom is 0.0626 e. The molecule has 6 aromatic carbocycles. The molecule has 2 nitrogen and oxygen atoms in total. The van der Waals surface area contributed by atoms with E-state index in [1.165, 1.54) is 36.9 Å². The molecule has 0 unspecified atom stereocenters. The quantitative estimate of drug-likeness (QED) is 0.171. The maximum atomic E-state index is 4.71. The monoisotopic (exact) mass is 650 g/mol. The molecule has 0 fully saturated rings. The second-order valence-corrected chi connectivity index (χ2v) is 13.1. The highest BCUT2D eigenvalue weighted by Crippen LogP contribution is 2.47. The number of hydrogen-bond donors (Lipinski definition) is 0. The summed E-state index contributed by atoms with van der Waals surface area (Å²) in [6.07, 6.45) is 8.44. The number of fused-ring (bicyclic) bond motifs is 5. The Hall–Kier alpha value is -5.90. The Balaban J connectivity index is 0.00000122. The first-order valence-electron chi connectivity index (χ1n) is 16.5. The van der Waals surface area contributed by atoms with Crippen LogP contribution in [-0.4, -0.2) is 0 Å². The van der Waals surface area contributed by atoms with Gasteiger partial charge in [-0.1, -0.05) is 121 Å². The van der Waals surface area contributed by atoms with Gasteiger partial charge in [0.05, 0.1) is 11.4 Å². The molecule has 49 heavy (non-hydrogen) atoms. The van der Waals surface area contributed by atoms with Crippen LogP contribution in [0.15, 0.2) is 189 Å². The van der Waals surface area contributed by atoms with Crippen molar-refractivity contribution >= 4 is 59.8 Å². The van der Waals surface area contributed by atoms with Gasteiger partial charge < -0.3 is 9.80 Å². The fourth-order valence-corrected chi connectivity index (χ4v) is 7.62. The highest BCUT2D eigenvalue weighted by atomic mass is 32.1. The SMILES string of the molecule is C=C1/C=C(N(c2ccccc2)c2ccccc2-c2cccc(C)c2)\C=C/N(c2ccccc2)c2c1ccc1sc3ccccc3c21.C=CC. The Labute approximate surface area is 293 Å². The number of rotatable bonds is 5. The lowest BCUT2D eigenvalue weighted by molar-refractivity contribution is 1.19. The Morgan fingerprint density at radius 1 is 0.694 bits per heavy atom. The van der Waals surface area contributed by atoms with Crippen LogP contribution in [0.1, 0.15) is 18.1 Å². The van der Waals surface area contributed by atoms with Crippen molar-refractivity contribution in [3.8, 4) is 11.1 Å². The van der Waals surface area contributed by atoms with E-state index in [0.717, 1.165) is 39.6 Å². The van der Waals surface area contributed by atoms with Gasteiger partial charge >= 0.3 is 0 Å². The van der Waals surface area contributed by atoms with Gasteiger partial charge in [-0.3, -0.25) is 0 Å². The summed E-state index contributed by atoms with van der Waals surface area (Å²) in [5.41, 5.74) is 11.1. The van der Waals surface area contributed by atoms with E-state index in [1.54, 1.807) is 6.08 Å². The predicted octanol–water partition coefficient (Wildman–Crippen LogP) is 13.6. The van der Waals surface area contributed by atoms with Gasteiger partial charge in [0.1, 0.15) is 0 Å². The molecule has 0 spiro atoms. The Kier molecular flexibility index (Phi) is 9.10. The first-order valence-corrected chi connectivity index (χ1v) is 17.3. The van der Waals surface area contributed by atoms with Crippen molar-refractivity contribution in [2.45, 2.75) is 13.8 Å². The average Bonchev–Trinajstić information content (AvgIpc) is 3.51. The van der Waals surface area contributed by atoms with E-state index in [9.17, 15) is 0 Å². The van der Waals surface area contributed by atoms with Gasteiger partial charge in [-0.2, -0.15) is 0 Å². The molecule has 0 aliphatic carbocycles. The standard InChI is InChI=1S/C43H32N2S.C3H6/c1-30-14-13-15-32(28-30)37-20-9-11-22-39(37)45(34-18-7-4-8-19-34)35-26-27-44(33-16-5-3-6-17-33)43-36(31(2)29-35)24-25-41-42(43)38-21-10-12-23-40(38)46-41;1-3-2/h3-29H,2H2,1H3;3H,1H2,2H3/b27-26-,35-29+;. The molecule has 0 radical (unpaired) electrons. The number of anilines is 4. The third-order valence-electron chi connectivity index (χ3n) is 8.60. The molecule has 0 N–H and O–H groups in total. The number of aryl methyl sites for hydroxylation is 1. The highest BCUT2D eigenvalue weighted by molar-refractivity contribution is 7.26. The largest absolute Gasteiger partial charge is 0.316 e. The molecular formula is C46H38N2S. The van der Waals surface area contributed by atoms with Crippen molar-refractivity contribution in [1.82, 2.24) is 0 Å². The van der Waals surface area contributed by atoms with Crippen molar-refractivity contribution in [3.63, 3.8) is 0 Å². The minimum Gasteiger partial charge on any atom is -0.316 e. The van der Waals surface area contributed by atoms with Crippen molar-refractivity contribution in [2.75, 3.05) is 9.80 Å². The molecule has 0 atom stereocenters. The van der Waals surface area contributed by atoms with Crippen LogP contribution in [0.2, 0.25) is 0 Å². The smallest absolute Gasteiger partial charge is 0.0626 e. The summed E-state index contributed by atoms with van der Waals surface area (Å²) in [5.74, 6) is 0. The topological polar surface area (TPSA) is 6.48 Å². The van der Waals surface area contributed by atoms with E-state index in [2.05, 4.69) is 187 Å². The fraction of sp³-hybridized carbons (Fsp3) is 0.0435. The van der Waals surface area contributed by atoms with Crippen molar-refractivity contribution in [3.05, 3.63) is 200 Å². The number of para-hydroxylation sites is 3. The van der Waals surface area contributed by atoms with Crippen molar-refractivity contribution in [2.24, 2.45) is 0 Å². The second-order valence-electron chi connectivity index (χ2n) is 12.0. The van der Waals surface area contributed by atoms with Crippen LogP contribution >= 0.6 is 11.3 Å². The zero-order chi connectivity index (χ0) is 33.7. The van der Waals surface area contributed by atoms with Gasteiger partial charge in [0.15, 0.2) is 0 Å². The third kappa shape index (κ3) is 6.25. The lowest BCUT2D eigenvalue weighted by Crippen LogP contribution is -2.19. The Morgan fingerprint density at radius 3 is 2.16 bits per heavy atom. The van der Waals surface area contributed by atoms with Crippen LogP contribution in [0.5, 0.6) is 0 Å². The predicted molar refractivity (Wildman–Crippen MR) is 215 cm³/mol. The van der Waals surface area contributed by atoms with Gasteiger partial charge in [0.25, 0.3) is 0 Å². The van der Waals surface area contributed by atoms with Gasteiger partial charge in [-0.05, 0) is 79.6 Å². The van der Waals surface area contributed by atoms with E-state index in [-0.39, 0.29) is 0 Å². The minimum absolute atomic E-state index is 0.960. The fourth-order valence-electron chi connectivity index (χ4n) is 6.51. The van der Waals surface area contributed by atoms with Crippen molar-refractivity contribution in [1.29, 1.82) is 0 Å². The van der Waals surface area contributed by atoms with Crippen LogP contribution in [0, 0.1) is 6.92 Å². The molecular weight excluding hydrogens is 613 g/mol. The number of allylic oxidation sites excluding steroid dienone is 4. The lowest BCUT2D eigenvalue weighted by Gasteiger charge is -2.32. The molecule has 0 amide bonds. The molecule has 2 heterocycles. The molecule has 0 bridgehead atoms. The minimum atomic E-state index is 0.960. The van der Waals surface area contributed by atoms with Crippen molar-refractivity contribution < 1.29 is 0 Å². The molecule has 1 aliphatic heterocycles. The van der Waals surface area contributed by atoms with Gasteiger partial charge in [-0.25, -0.2) is 0 Å². The lowest BCUT2D eigenvalue weighted by atomic mass is 9.96. The maximum absolute atomic E-state index is 4.71. The number of hydrogen-bond acceptors (Lipinski definition) is 3. The highest BCUT2D eigenvalue weighted by Gasteiger charge is 2.24. The summed E-state index contributed by atoms with van der Waals surface area (Å²) in [4.78, 5) is 4.69. The van der Waals surface area contributed by atoms with Crippen LogP contribution < -0.4 is 9.80 Å². The Morgan fingerprint density at radius 2 is 1.39 bits per heavy atom. The molecule has 3 heteroatoms. The second kappa shape index (κ2) is 14.1. The van der Waals surface area contributed by atoms with Crippen LogP contribution in [-0.2, 0) is 0 Å². The molecule has 0 saturated carbocycles. The van der Waals surface area contributed by atoms with Gasteiger partial charge in [0.2, 0.25) is 0 Å². The first kappa shape index (κ1) is 31.7. The third-order valence-corrected chi connectivity index (χ3v) is 9.74. The van der Waals surface area contributed by atoms with Gasteiger partial charge in [-0.15, -0.1) is 17.9 Å². The Bertz CT molecular complexity index is 2340. The first-order chi connectivity index (χ1) is 24.1. The zero-order valence-corrected chi connectivity index (χ0v) is 28.7. The molecule has 238 valence electrons. The number of thiophene rings is 1. The summed E-state index contributed by atoms with van der Waals surface area (Å²) in [6, 6.07) is 51.9. The molecule has 1 aliphatic rings. The summed E-state index contributed by atoms with van der Waals surface area (Å²) in [6.45, 7) is 12.1.